The Hall–Kier alpha value is -2.80. The first-order chi connectivity index (χ1) is 22.9. The van der Waals surface area contributed by atoms with Crippen molar-refractivity contribution in [1.82, 2.24) is 20.6 Å². The van der Waals surface area contributed by atoms with E-state index in [-0.39, 0.29) is 18.1 Å². The summed E-state index contributed by atoms with van der Waals surface area (Å²) >= 11 is 0. The molecule has 6 aliphatic rings. The van der Waals surface area contributed by atoms with Crippen molar-refractivity contribution in [3.8, 4) is 0 Å². The van der Waals surface area contributed by atoms with Crippen LogP contribution in [0.3, 0.4) is 0 Å². The van der Waals surface area contributed by atoms with E-state index in [2.05, 4.69) is 75.1 Å². The quantitative estimate of drug-likeness (QED) is 0.173. The van der Waals surface area contributed by atoms with Gasteiger partial charge in [-0.25, -0.2) is 10.5 Å². The van der Waals surface area contributed by atoms with Crippen LogP contribution in [0.1, 0.15) is 51.9 Å². The molecule has 4 aliphatic heterocycles. The number of anilines is 2. The van der Waals surface area contributed by atoms with Gasteiger partial charge in [0, 0.05) is 63.2 Å². The molecule has 5 fully saturated rings. The van der Waals surface area contributed by atoms with E-state index in [1.54, 1.807) is 0 Å². The maximum absolute atomic E-state index is 13.7. The van der Waals surface area contributed by atoms with Gasteiger partial charge in [0.1, 0.15) is 5.82 Å². The van der Waals surface area contributed by atoms with Gasteiger partial charge in [0.2, 0.25) is 0 Å². The van der Waals surface area contributed by atoms with E-state index in [0.29, 0.717) is 41.8 Å². The first kappa shape index (κ1) is 32.7. The summed E-state index contributed by atoms with van der Waals surface area (Å²) in [6.07, 6.45) is 8.75. The van der Waals surface area contributed by atoms with Gasteiger partial charge >= 0.3 is 0 Å². The number of ether oxygens (including phenoxy) is 1. The number of nitrogens with one attached hydrogen (secondary N) is 3. The fourth-order valence-corrected chi connectivity index (χ4v) is 8.02. The second kappa shape index (κ2) is 14.4. The highest BCUT2D eigenvalue weighted by Gasteiger charge is 2.63. The van der Waals surface area contributed by atoms with E-state index in [1.807, 2.05) is 0 Å². The third-order valence-corrected chi connectivity index (χ3v) is 11.3. The number of allylic oxidation sites excluding steroid dienone is 1. The standard InChI is InChI=1S/C36H53N7O4/c1-25-3-8-29(35(45)40-47-22-19-42-17-20-46-21-18-42)34(37-26-4-6-27(7-5-26)43-15-13-41(2)14-16-43)38-31(23-25)33-32(39-33)30-24-36(30)11-9-28(44)10-12-36/h4-7,23,28,30,32-33,37,39,44H,3,8-22,24H2,1-2H3,(H,40,45). The Bertz CT molecular complexity index is 1360. The smallest absolute Gasteiger partial charge is 0.274 e. The van der Waals surface area contributed by atoms with Gasteiger partial charge in [-0.15, -0.1) is 0 Å². The molecule has 256 valence electrons. The largest absolute Gasteiger partial charge is 0.393 e. The van der Waals surface area contributed by atoms with Crippen LogP contribution >= 0.6 is 0 Å². The number of aliphatic hydroxyl groups is 1. The van der Waals surface area contributed by atoms with E-state index in [0.717, 1.165) is 103 Å². The highest BCUT2D eigenvalue weighted by atomic mass is 16.7. The predicted octanol–water partition coefficient (Wildman–Crippen LogP) is 2.90. The Balaban J connectivity index is 1.08. The SMILES string of the molecule is CC1=CC(C2NC2C2CC23CCC(O)CC3)=NC(Nc2ccc(N3CCN(C)CC3)cc2)=C(C(=O)NOCCN2CCOCC2)CC1. The fourth-order valence-electron chi connectivity index (χ4n) is 8.02. The number of aliphatic imine (C=N–C) groups is 1. The number of nitrogens with zero attached hydrogens (tertiary/aromatic N) is 4. The van der Waals surface area contributed by atoms with E-state index in [4.69, 9.17) is 14.6 Å². The number of carbonyl (C=O) groups excluding carboxylic acids is 1. The van der Waals surface area contributed by atoms with Crippen LogP contribution in [0, 0.1) is 11.3 Å². The van der Waals surface area contributed by atoms with Crippen molar-refractivity contribution in [2.45, 2.75) is 70.1 Å². The van der Waals surface area contributed by atoms with Crippen LogP contribution in [0.2, 0.25) is 0 Å². The molecule has 7 rings (SSSR count). The molecule has 0 aromatic heterocycles. The zero-order valence-electron chi connectivity index (χ0n) is 28.2. The van der Waals surface area contributed by atoms with Gasteiger partial charge in [0.15, 0.2) is 0 Å². The van der Waals surface area contributed by atoms with Crippen LogP contribution in [0.4, 0.5) is 11.4 Å². The Morgan fingerprint density at radius 1 is 1.09 bits per heavy atom. The number of benzene rings is 1. The van der Waals surface area contributed by atoms with Crippen LogP contribution in [-0.2, 0) is 14.4 Å². The minimum absolute atomic E-state index is 0.132. The second-order valence-electron chi connectivity index (χ2n) is 14.6. The molecule has 11 heteroatoms. The maximum Gasteiger partial charge on any atom is 0.274 e. The summed E-state index contributed by atoms with van der Waals surface area (Å²) in [5.41, 5.74) is 8.05. The zero-order chi connectivity index (χ0) is 32.4. The number of hydrogen-bond donors (Lipinski definition) is 4. The lowest BCUT2D eigenvalue weighted by atomic mass is 9.82. The van der Waals surface area contributed by atoms with Crippen LogP contribution in [-0.4, -0.2) is 117 Å². The minimum Gasteiger partial charge on any atom is -0.393 e. The van der Waals surface area contributed by atoms with Crippen molar-refractivity contribution in [1.29, 1.82) is 0 Å². The Morgan fingerprint density at radius 3 is 2.57 bits per heavy atom. The highest BCUT2D eigenvalue weighted by Crippen LogP contribution is 2.64. The molecule has 1 aromatic rings. The first-order valence-corrected chi connectivity index (χ1v) is 17.8. The second-order valence-corrected chi connectivity index (χ2v) is 14.6. The molecule has 0 bridgehead atoms. The number of amides is 1. The van der Waals surface area contributed by atoms with Gasteiger partial charge in [-0.3, -0.25) is 14.5 Å². The van der Waals surface area contributed by atoms with Crippen molar-refractivity contribution >= 4 is 23.0 Å². The van der Waals surface area contributed by atoms with E-state index < -0.39 is 0 Å². The number of carbonyl (C=O) groups is 1. The average Bonchev–Trinajstić information content (AvgIpc) is 4.00. The van der Waals surface area contributed by atoms with Crippen LogP contribution in [0.15, 0.2) is 52.3 Å². The number of hydroxylamine groups is 1. The summed E-state index contributed by atoms with van der Waals surface area (Å²) in [6.45, 7) is 10.7. The third-order valence-electron chi connectivity index (χ3n) is 11.3. The molecule has 1 spiro atoms. The average molecular weight is 648 g/mol. The molecule has 1 aromatic carbocycles. The molecule has 3 atom stereocenters. The normalized spacial score (nSPS) is 31.9. The van der Waals surface area contributed by atoms with Gasteiger partial charge in [0.25, 0.3) is 5.91 Å². The van der Waals surface area contributed by atoms with Gasteiger partial charge < -0.3 is 30.3 Å². The summed E-state index contributed by atoms with van der Waals surface area (Å²) in [6, 6.07) is 9.07. The van der Waals surface area contributed by atoms with E-state index in [9.17, 15) is 9.90 Å². The number of hydrogen-bond acceptors (Lipinski definition) is 10. The molecule has 3 saturated heterocycles. The molecule has 47 heavy (non-hydrogen) atoms. The van der Waals surface area contributed by atoms with Crippen molar-refractivity contribution in [3.63, 3.8) is 0 Å². The lowest BCUT2D eigenvalue weighted by molar-refractivity contribution is -0.130. The molecule has 4 N–H and O–H groups in total. The molecule has 1 amide bonds. The number of piperazine rings is 1. The van der Waals surface area contributed by atoms with Crippen LogP contribution in [0.5, 0.6) is 0 Å². The predicted molar refractivity (Wildman–Crippen MR) is 184 cm³/mol. The van der Waals surface area contributed by atoms with Crippen molar-refractivity contribution in [2.75, 3.05) is 82.9 Å². The van der Waals surface area contributed by atoms with Gasteiger partial charge in [0.05, 0.1) is 43.3 Å². The van der Waals surface area contributed by atoms with Gasteiger partial charge in [-0.2, -0.15) is 0 Å². The maximum atomic E-state index is 13.7. The van der Waals surface area contributed by atoms with E-state index in [1.165, 1.54) is 17.7 Å². The first-order valence-electron chi connectivity index (χ1n) is 17.8. The number of likely N-dealkylation sites (N-methyl/N-ethyl adjacent to an activating group) is 1. The Labute approximate surface area is 279 Å². The zero-order valence-corrected chi connectivity index (χ0v) is 28.2. The van der Waals surface area contributed by atoms with Crippen molar-refractivity contribution in [2.24, 2.45) is 16.3 Å². The molecule has 3 unspecified atom stereocenters. The lowest BCUT2D eigenvalue weighted by Gasteiger charge is -2.34. The van der Waals surface area contributed by atoms with Crippen molar-refractivity contribution in [3.05, 3.63) is 47.3 Å². The molecule has 2 saturated carbocycles. The van der Waals surface area contributed by atoms with Gasteiger partial charge in [-0.05, 0) is 101 Å². The number of aliphatic hydroxyl groups excluding tert-OH is 1. The monoisotopic (exact) mass is 647 g/mol. The summed E-state index contributed by atoms with van der Waals surface area (Å²) in [4.78, 5) is 31.7. The van der Waals surface area contributed by atoms with Crippen LogP contribution in [0.25, 0.3) is 0 Å². The third kappa shape index (κ3) is 7.92. The highest BCUT2D eigenvalue weighted by molar-refractivity contribution is 6.04. The topological polar surface area (TPSA) is 124 Å². The lowest BCUT2D eigenvalue weighted by Crippen LogP contribution is -2.44. The number of morpholine rings is 1. The molecule has 4 heterocycles. The van der Waals surface area contributed by atoms with Gasteiger partial charge in [-0.1, -0.05) is 5.57 Å². The minimum atomic E-state index is -0.247. The number of rotatable bonds is 10. The summed E-state index contributed by atoms with van der Waals surface area (Å²) in [5, 5.41) is 17.4. The Kier molecular flexibility index (Phi) is 10.00. The Morgan fingerprint density at radius 2 is 1.83 bits per heavy atom. The molecular formula is C36H53N7O4. The fraction of sp³-hybridized carbons (Fsp3) is 0.667. The summed E-state index contributed by atoms with van der Waals surface area (Å²) in [5.74, 6) is 0.972. The molecule has 2 aliphatic carbocycles. The van der Waals surface area contributed by atoms with E-state index >= 15 is 0 Å². The summed E-state index contributed by atoms with van der Waals surface area (Å²) in [7, 11) is 2.17. The van der Waals surface area contributed by atoms with Crippen LogP contribution < -0.4 is 21.0 Å². The summed E-state index contributed by atoms with van der Waals surface area (Å²) < 4.78 is 5.44. The van der Waals surface area contributed by atoms with Crippen molar-refractivity contribution < 1.29 is 19.5 Å². The molecule has 0 radical (unpaired) electrons. The molecular weight excluding hydrogens is 594 g/mol. The molecule has 11 nitrogen and oxygen atoms in total.